The molecule has 0 saturated heterocycles. The summed E-state index contributed by atoms with van der Waals surface area (Å²) in [5.74, 6) is -0.295. The van der Waals surface area contributed by atoms with Crippen LogP contribution in [0.3, 0.4) is 0 Å². The van der Waals surface area contributed by atoms with Crippen LogP contribution >= 0.6 is 11.6 Å². The second-order valence-corrected chi connectivity index (χ2v) is 4.42. The first-order chi connectivity index (χ1) is 8.56. The van der Waals surface area contributed by atoms with Crippen molar-refractivity contribution >= 4 is 23.2 Å². The minimum Gasteiger partial charge on any atom is -0.506 e. The van der Waals surface area contributed by atoms with E-state index in [9.17, 15) is 9.90 Å². The Labute approximate surface area is 110 Å². The van der Waals surface area contributed by atoms with Crippen molar-refractivity contribution in [3.63, 3.8) is 0 Å². The number of halogens is 1. The van der Waals surface area contributed by atoms with Crippen LogP contribution in [0.4, 0.5) is 5.69 Å². The largest absolute Gasteiger partial charge is 0.506 e. The number of anilines is 1. The van der Waals surface area contributed by atoms with E-state index < -0.39 is 0 Å². The van der Waals surface area contributed by atoms with E-state index in [0.717, 1.165) is 5.56 Å². The number of aryl methyl sites for hydroxylation is 1. The van der Waals surface area contributed by atoms with Crippen LogP contribution in [-0.4, -0.2) is 11.0 Å². The molecule has 0 fully saturated rings. The van der Waals surface area contributed by atoms with E-state index in [4.69, 9.17) is 11.6 Å². The molecule has 0 aliphatic heterocycles. The Morgan fingerprint density at radius 1 is 1.22 bits per heavy atom. The smallest absolute Gasteiger partial charge is 0.255 e. The summed E-state index contributed by atoms with van der Waals surface area (Å²) in [5.41, 5.74) is 1.83. The third-order valence-corrected chi connectivity index (χ3v) is 2.72. The number of carbonyl (C=O) groups excluding carboxylic acids is 1. The molecule has 0 aliphatic rings. The molecule has 1 amide bonds. The lowest BCUT2D eigenvalue weighted by Crippen LogP contribution is -2.12. The van der Waals surface area contributed by atoms with Crippen LogP contribution in [0.1, 0.15) is 15.9 Å². The predicted molar refractivity (Wildman–Crippen MR) is 72.2 cm³/mol. The maximum absolute atomic E-state index is 12.0. The molecular weight excluding hydrogens is 250 g/mol. The lowest BCUT2D eigenvalue weighted by atomic mass is 10.1. The van der Waals surface area contributed by atoms with E-state index in [0.29, 0.717) is 16.3 Å². The van der Waals surface area contributed by atoms with E-state index in [-0.39, 0.29) is 11.7 Å². The van der Waals surface area contributed by atoms with Gasteiger partial charge in [-0.05, 0) is 37.3 Å². The first-order valence-corrected chi connectivity index (χ1v) is 5.80. The van der Waals surface area contributed by atoms with Crippen molar-refractivity contribution in [2.24, 2.45) is 0 Å². The molecule has 0 aliphatic carbocycles. The Balaban J connectivity index is 2.24. The number of rotatable bonds is 2. The van der Waals surface area contributed by atoms with Gasteiger partial charge in [0.05, 0.1) is 5.69 Å². The molecule has 0 aromatic heterocycles. The fourth-order valence-corrected chi connectivity index (χ4v) is 1.76. The van der Waals surface area contributed by atoms with Gasteiger partial charge in [-0.1, -0.05) is 29.3 Å². The summed E-state index contributed by atoms with van der Waals surface area (Å²) in [5, 5.41) is 12.7. The number of hydrogen-bond donors (Lipinski definition) is 2. The first-order valence-electron chi connectivity index (χ1n) is 5.43. The van der Waals surface area contributed by atoms with Crippen molar-refractivity contribution in [2.45, 2.75) is 6.92 Å². The van der Waals surface area contributed by atoms with Crippen molar-refractivity contribution < 1.29 is 9.90 Å². The van der Waals surface area contributed by atoms with Crippen LogP contribution in [0.15, 0.2) is 42.5 Å². The van der Waals surface area contributed by atoms with Crippen LogP contribution < -0.4 is 5.32 Å². The third-order valence-electron chi connectivity index (χ3n) is 2.49. The molecular formula is C14H12ClNO2. The van der Waals surface area contributed by atoms with Gasteiger partial charge >= 0.3 is 0 Å². The first kappa shape index (κ1) is 12.5. The fourth-order valence-electron chi connectivity index (χ4n) is 1.59. The molecule has 0 atom stereocenters. The van der Waals surface area contributed by atoms with Crippen LogP contribution in [0.5, 0.6) is 5.75 Å². The second kappa shape index (κ2) is 5.10. The molecule has 3 nitrogen and oxygen atoms in total. The Morgan fingerprint density at radius 2 is 2.00 bits per heavy atom. The van der Waals surface area contributed by atoms with Crippen LogP contribution in [-0.2, 0) is 0 Å². The van der Waals surface area contributed by atoms with Gasteiger partial charge in [-0.15, -0.1) is 0 Å². The monoisotopic (exact) mass is 261 g/mol. The number of aromatic hydroxyl groups is 1. The van der Waals surface area contributed by atoms with E-state index in [1.54, 1.807) is 18.2 Å². The summed E-state index contributed by atoms with van der Waals surface area (Å²) in [6.45, 7) is 1.91. The number of phenolic OH excluding ortho intramolecular Hbond substituents is 1. The predicted octanol–water partition coefficient (Wildman–Crippen LogP) is 3.61. The van der Waals surface area contributed by atoms with Crippen LogP contribution in [0.2, 0.25) is 5.02 Å². The zero-order valence-electron chi connectivity index (χ0n) is 9.77. The normalized spacial score (nSPS) is 10.1. The molecule has 0 saturated carbocycles. The number of phenols is 1. The zero-order valence-corrected chi connectivity index (χ0v) is 10.5. The molecule has 0 spiro atoms. The van der Waals surface area contributed by atoms with Crippen molar-refractivity contribution in [2.75, 3.05) is 5.32 Å². The second-order valence-electron chi connectivity index (χ2n) is 3.99. The van der Waals surface area contributed by atoms with Gasteiger partial charge in [0.25, 0.3) is 5.91 Å². The maximum atomic E-state index is 12.0. The van der Waals surface area contributed by atoms with E-state index in [1.807, 2.05) is 19.1 Å². The van der Waals surface area contributed by atoms with Gasteiger partial charge in [0.2, 0.25) is 0 Å². The number of carbonyl (C=O) groups is 1. The standard InChI is InChI=1S/C14H12ClNO2/c1-9-3-2-4-10(7-9)14(18)16-12-8-11(15)5-6-13(12)17/h2-8,17H,1H3,(H,16,18). The number of amides is 1. The SMILES string of the molecule is Cc1cccc(C(=O)Nc2cc(Cl)ccc2O)c1. The molecule has 2 aromatic carbocycles. The topological polar surface area (TPSA) is 49.3 Å². The maximum Gasteiger partial charge on any atom is 0.255 e. The molecule has 92 valence electrons. The lowest BCUT2D eigenvalue weighted by molar-refractivity contribution is 0.102. The highest BCUT2D eigenvalue weighted by Crippen LogP contribution is 2.26. The van der Waals surface area contributed by atoms with E-state index in [1.165, 1.54) is 12.1 Å². The Kier molecular flexibility index (Phi) is 3.53. The molecule has 0 unspecified atom stereocenters. The van der Waals surface area contributed by atoms with Crippen molar-refractivity contribution in [1.29, 1.82) is 0 Å². The summed E-state index contributed by atoms with van der Waals surface area (Å²) < 4.78 is 0. The molecule has 0 bridgehead atoms. The summed E-state index contributed by atoms with van der Waals surface area (Å²) in [4.78, 5) is 12.0. The molecule has 4 heteroatoms. The lowest BCUT2D eigenvalue weighted by Gasteiger charge is -2.08. The van der Waals surface area contributed by atoms with Crippen molar-refractivity contribution in [3.8, 4) is 5.75 Å². The van der Waals surface area contributed by atoms with Gasteiger partial charge in [-0.25, -0.2) is 0 Å². The number of nitrogens with one attached hydrogen (secondary N) is 1. The molecule has 2 aromatic rings. The van der Waals surface area contributed by atoms with Gasteiger partial charge in [0, 0.05) is 10.6 Å². The molecule has 2 rings (SSSR count). The minimum atomic E-state index is -0.281. The summed E-state index contributed by atoms with van der Waals surface area (Å²) in [7, 11) is 0. The Morgan fingerprint density at radius 3 is 2.72 bits per heavy atom. The van der Waals surface area contributed by atoms with Gasteiger partial charge in [-0.2, -0.15) is 0 Å². The minimum absolute atomic E-state index is 0.0135. The Bertz CT molecular complexity index is 596. The van der Waals surface area contributed by atoms with Gasteiger partial charge < -0.3 is 10.4 Å². The van der Waals surface area contributed by atoms with Gasteiger partial charge in [-0.3, -0.25) is 4.79 Å². The Hall–Kier alpha value is -2.00. The third kappa shape index (κ3) is 2.81. The highest BCUT2D eigenvalue weighted by atomic mass is 35.5. The van der Waals surface area contributed by atoms with Crippen molar-refractivity contribution in [3.05, 3.63) is 58.6 Å². The number of hydrogen-bond acceptors (Lipinski definition) is 2. The van der Waals surface area contributed by atoms with Crippen molar-refractivity contribution in [1.82, 2.24) is 0 Å². The van der Waals surface area contributed by atoms with Gasteiger partial charge in [0.1, 0.15) is 5.75 Å². The molecule has 2 N–H and O–H groups in total. The zero-order chi connectivity index (χ0) is 13.1. The molecule has 0 radical (unpaired) electrons. The van der Waals surface area contributed by atoms with Gasteiger partial charge in [0.15, 0.2) is 0 Å². The van der Waals surface area contributed by atoms with E-state index in [2.05, 4.69) is 5.32 Å². The van der Waals surface area contributed by atoms with Crippen LogP contribution in [0.25, 0.3) is 0 Å². The van der Waals surface area contributed by atoms with E-state index >= 15 is 0 Å². The highest BCUT2D eigenvalue weighted by Gasteiger charge is 2.09. The number of benzene rings is 2. The average molecular weight is 262 g/mol. The summed E-state index contributed by atoms with van der Waals surface area (Å²) >= 11 is 5.81. The molecule has 18 heavy (non-hydrogen) atoms. The highest BCUT2D eigenvalue weighted by molar-refractivity contribution is 6.31. The average Bonchev–Trinajstić information content (AvgIpc) is 2.34. The quantitative estimate of drug-likeness (QED) is 0.812. The fraction of sp³-hybridized carbons (Fsp3) is 0.0714. The summed E-state index contributed by atoms with van der Waals surface area (Å²) in [6, 6.07) is 11.7. The van der Waals surface area contributed by atoms with Crippen LogP contribution in [0, 0.1) is 6.92 Å². The molecule has 0 heterocycles. The summed E-state index contributed by atoms with van der Waals surface area (Å²) in [6.07, 6.45) is 0.